The number of amides is 2. The van der Waals surface area contributed by atoms with Gasteiger partial charge in [-0.25, -0.2) is 12.8 Å². The minimum atomic E-state index is -4.12. The maximum Gasteiger partial charge on any atom is 0.268 e. The van der Waals surface area contributed by atoms with Crippen LogP contribution in [-0.2, 0) is 14.8 Å². The smallest absolute Gasteiger partial charge is 0.268 e. The van der Waals surface area contributed by atoms with Crippen LogP contribution >= 0.6 is 0 Å². The lowest BCUT2D eigenvalue weighted by atomic mass is 9.48. The molecule has 4 aliphatic carbocycles. The van der Waals surface area contributed by atoms with Crippen LogP contribution in [0.25, 0.3) is 0 Å². The van der Waals surface area contributed by atoms with Crippen molar-refractivity contribution in [3.05, 3.63) is 48.0 Å². The quantitative estimate of drug-likeness (QED) is 0.526. The summed E-state index contributed by atoms with van der Waals surface area (Å²) in [5.41, 5.74) is 4.54. The van der Waals surface area contributed by atoms with Crippen molar-refractivity contribution in [1.29, 1.82) is 0 Å². The number of carbonyl (C=O) groups is 2. The van der Waals surface area contributed by atoms with Crippen molar-refractivity contribution in [2.45, 2.75) is 42.5 Å². The van der Waals surface area contributed by atoms with Crippen LogP contribution in [-0.4, -0.2) is 30.8 Å². The molecule has 1 aromatic heterocycles. The average molecular weight is 461 g/mol. The van der Waals surface area contributed by atoms with Gasteiger partial charge >= 0.3 is 0 Å². The highest BCUT2D eigenvalue weighted by molar-refractivity contribution is 7.92. The molecule has 6 rings (SSSR count). The molecule has 4 fully saturated rings. The maximum atomic E-state index is 13.8. The van der Waals surface area contributed by atoms with E-state index in [2.05, 4.69) is 15.0 Å². The number of aromatic amines is 1. The highest BCUT2D eigenvalue weighted by Gasteiger charge is 2.61. The molecule has 10 heteroatoms. The lowest BCUT2D eigenvalue weighted by Gasteiger charge is -2.59. The van der Waals surface area contributed by atoms with E-state index >= 15 is 0 Å². The van der Waals surface area contributed by atoms with Crippen LogP contribution in [0, 0.1) is 29.5 Å². The largest absolute Gasteiger partial charge is 0.368 e. The molecule has 4 aliphatic rings. The Morgan fingerprint density at radius 1 is 1.06 bits per heavy atom. The molecule has 8 nitrogen and oxygen atoms in total. The number of H-pyrrole nitrogens is 1. The van der Waals surface area contributed by atoms with Crippen LogP contribution in [0.15, 0.2) is 41.4 Å². The molecule has 0 radical (unpaired) electrons. The Kier molecular flexibility index (Phi) is 4.81. The first kappa shape index (κ1) is 21.0. The standard InChI is InChI=1S/C22H25FN4O4S/c23-17-3-1-2-4-18(17)27-32(30,31)16-10-19(25-11-16)20(28)26-22(21(24)29)14-6-12-5-13(8-14)9-15(22)7-12/h1-4,10-15,25,27H,5-9H2,(H2,24,29)(H,26,28). The first-order chi connectivity index (χ1) is 15.2. The van der Waals surface area contributed by atoms with E-state index in [4.69, 9.17) is 5.73 Å². The number of rotatable bonds is 6. The minimum absolute atomic E-state index is 0.00101. The summed E-state index contributed by atoms with van der Waals surface area (Å²) in [4.78, 5) is 28.2. The number of benzene rings is 1. The second-order valence-corrected chi connectivity index (χ2v) is 11.0. The zero-order valence-corrected chi connectivity index (χ0v) is 18.1. The topological polar surface area (TPSA) is 134 Å². The number of anilines is 1. The predicted molar refractivity (Wildman–Crippen MR) is 114 cm³/mol. The van der Waals surface area contributed by atoms with Gasteiger partial charge in [-0.1, -0.05) is 12.1 Å². The molecule has 1 aromatic carbocycles. The molecule has 1 heterocycles. The zero-order chi connectivity index (χ0) is 22.7. The van der Waals surface area contributed by atoms with Gasteiger partial charge in [-0.2, -0.15) is 0 Å². The Morgan fingerprint density at radius 3 is 2.28 bits per heavy atom. The van der Waals surface area contributed by atoms with Gasteiger partial charge in [0.25, 0.3) is 15.9 Å². The van der Waals surface area contributed by atoms with Gasteiger partial charge in [0.05, 0.1) is 5.69 Å². The van der Waals surface area contributed by atoms with Gasteiger partial charge in [-0.15, -0.1) is 0 Å². The molecule has 0 unspecified atom stereocenters. The van der Waals surface area contributed by atoms with Crippen molar-refractivity contribution >= 4 is 27.5 Å². The molecule has 4 bridgehead atoms. The van der Waals surface area contributed by atoms with E-state index in [0.717, 1.165) is 37.9 Å². The van der Waals surface area contributed by atoms with Crippen LogP contribution in [0.1, 0.15) is 42.6 Å². The zero-order valence-electron chi connectivity index (χ0n) is 17.3. The maximum absolute atomic E-state index is 13.8. The summed E-state index contributed by atoms with van der Waals surface area (Å²) in [7, 11) is -4.12. The fraction of sp³-hybridized carbons (Fsp3) is 0.455. The number of sulfonamides is 1. The third kappa shape index (κ3) is 3.28. The lowest BCUT2D eigenvalue weighted by molar-refractivity contribution is -0.142. The SMILES string of the molecule is NC(=O)C1(NC(=O)c2cc(S(=O)(=O)Nc3ccccc3F)c[nH]2)C2CC3CC(C2)CC1C3. The molecule has 32 heavy (non-hydrogen) atoms. The van der Waals surface area contributed by atoms with E-state index in [-0.39, 0.29) is 28.1 Å². The van der Waals surface area contributed by atoms with Crippen LogP contribution in [0.2, 0.25) is 0 Å². The molecule has 2 aromatic rings. The number of nitrogens with two attached hydrogens (primary N) is 1. The highest BCUT2D eigenvalue weighted by atomic mass is 32.2. The number of aromatic nitrogens is 1. The normalized spacial score (nSPS) is 30.8. The fourth-order valence-electron chi connectivity index (χ4n) is 6.26. The number of hydrogen-bond donors (Lipinski definition) is 4. The van der Waals surface area contributed by atoms with Crippen molar-refractivity contribution in [1.82, 2.24) is 10.3 Å². The van der Waals surface area contributed by atoms with Crippen molar-refractivity contribution in [3.63, 3.8) is 0 Å². The first-order valence-corrected chi connectivity index (χ1v) is 12.3. The van der Waals surface area contributed by atoms with E-state index in [9.17, 15) is 22.4 Å². The summed E-state index contributed by atoms with van der Waals surface area (Å²) in [6.07, 6.45) is 5.81. The van der Waals surface area contributed by atoms with Gasteiger partial charge in [-0.3, -0.25) is 14.3 Å². The Bertz CT molecular complexity index is 1160. The van der Waals surface area contributed by atoms with Gasteiger partial charge < -0.3 is 16.0 Å². The van der Waals surface area contributed by atoms with E-state index in [1.54, 1.807) is 0 Å². The second kappa shape index (κ2) is 7.33. The van der Waals surface area contributed by atoms with Gasteiger partial charge in [-0.05, 0) is 74.0 Å². The fourth-order valence-corrected chi connectivity index (χ4v) is 7.32. The van der Waals surface area contributed by atoms with E-state index in [1.165, 1.54) is 30.7 Å². The number of nitrogens with one attached hydrogen (secondary N) is 3. The number of hydrogen-bond acceptors (Lipinski definition) is 4. The third-order valence-corrected chi connectivity index (χ3v) is 8.83. The molecular weight excluding hydrogens is 435 g/mol. The molecule has 2 amide bonds. The van der Waals surface area contributed by atoms with Crippen LogP contribution in [0.5, 0.6) is 0 Å². The number of para-hydroxylation sites is 1. The molecule has 0 spiro atoms. The Morgan fingerprint density at radius 2 is 1.69 bits per heavy atom. The van der Waals surface area contributed by atoms with E-state index in [1.807, 2.05) is 0 Å². The average Bonchev–Trinajstić information content (AvgIpc) is 3.23. The second-order valence-electron chi connectivity index (χ2n) is 9.33. The summed E-state index contributed by atoms with van der Waals surface area (Å²) in [6.45, 7) is 0. The summed E-state index contributed by atoms with van der Waals surface area (Å²) < 4.78 is 41.3. The van der Waals surface area contributed by atoms with Gasteiger partial charge in [0.2, 0.25) is 5.91 Å². The number of carbonyl (C=O) groups excluding carboxylic acids is 2. The summed E-state index contributed by atoms with van der Waals surface area (Å²) in [6, 6.07) is 6.57. The Balaban J connectivity index is 1.38. The van der Waals surface area contributed by atoms with Gasteiger partial charge in [0, 0.05) is 6.20 Å². The van der Waals surface area contributed by atoms with Crippen molar-refractivity contribution < 1.29 is 22.4 Å². The number of halogens is 1. The Hall–Kier alpha value is -2.88. The summed E-state index contributed by atoms with van der Waals surface area (Å²) >= 11 is 0. The summed E-state index contributed by atoms with van der Waals surface area (Å²) in [5, 5.41) is 2.89. The molecule has 0 aliphatic heterocycles. The summed E-state index contributed by atoms with van der Waals surface area (Å²) in [5.74, 6) is -0.664. The Labute approximate surface area is 185 Å². The third-order valence-electron chi connectivity index (χ3n) is 7.48. The first-order valence-electron chi connectivity index (χ1n) is 10.8. The van der Waals surface area contributed by atoms with Gasteiger partial charge in [0.15, 0.2) is 0 Å². The molecule has 5 N–H and O–H groups in total. The van der Waals surface area contributed by atoms with Crippen molar-refractivity contribution in [2.75, 3.05) is 4.72 Å². The van der Waals surface area contributed by atoms with Crippen molar-refractivity contribution in [3.8, 4) is 0 Å². The van der Waals surface area contributed by atoms with Crippen LogP contribution in [0.4, 0.5) is 10.1 Å². The predicted octanol–water partition coefficient (Wildman–Crippen LogP) is 2.36. The van der Waals surface area contributed by atoms with E-state index in [0.29, 0.717) is 11.8 Å². The number of primary amides is 1. The lowest BCUT2D eigenvalue weighted by Crippen LogP contribution is -2.71. The monoisotopic (exact) mass is 460 g/mol. The highest BCUT2D eigenvalue weighted by Crippen LogP contribution is 2.58. The minimum Gasteiger partial charge on any atom is -0.368 e. The molecule has 0 saturated heterocycles. The van der Waals surface area contributed by atoms with Crippen LogP contribution < -0.4 is 15.8 Å². The molecular formula is C22H25FN4O4S. The molecule has 4 saturated carbocycles. The van der Waals surface area contributed by atoms with Crippen molar-refractivity contribution in [2.24, 2.45) is 29.4 Å². The molecule has 170 valence electrons. The van der Waals surface area contributed by atoms with Gasteiger partial charge in [0.1, 0.15) is 21.9 Å². The van der Waals surface area contributed by atoms with E-state index < -0.39 is 33.2 Å². The van der Waals surface area contributed by atoms with Crippen LogP contribution in [0.3, 0.4) is 0 Å². The molecule has 0 atom stereocenters.